The Kier molecular flexibility index (Phi) is 6.49. The number of benzene rings is 2. The summed E-state index contributed by atoms with van der Waals surface area (Å²) in [5.41, 5.74) is 1.92. The second kappa shape index (κ2) is 8.88. The molecule has 0 saturated heterocycles. The summed E-state index contributed by atoms with van der Waals surface area (Å²) in [7, 11) is -3.70. The standard InChI is InChI=1S/C22H27N3O3S/c1-5-17(4)25(29(26,27)20-13-11-18(12-14-20)16(2)3)15-21-23-22(24-28-21)19-9-7-6-8-10-19/h6-14,16-17H,5,15H2,1-4H3/t17-/m0/s1. The van der Waals surface area contributed by atoms with Crippen LogP contribution in [-0.2, 0) is 16.6 Å². The van der Waals surface area contributed by atoms with Gasteiger partial charge in [-0.15, -0.1) is 0 Å². The van der Waals surface area contributed by atoms with E-state index in [4.69, 9.17) is 4.52 Å². The molecule has 7 heteroatoms. The molecule has 3 rings (SSSR count). The second-order valence-electron chi connectivity index (χ2n) is 7.41. The monoisotopic (exact) mass is 413 g/mol. The van der Waals surface area contributed by atoms with Crippen LogP contribution in [-0.4, -0.2) is 28.9 Å². The zero-order chi connectivity index (χ0) is 21.0. The van der Waals surface area contributed by atoms with E-state index < -0.39 is 10.0 Å². The maximum Gasteiger partial charge on any atom is 0.243 e. The van der Waals surface area contributed by atoms with Crippen LogP contribution in [0.15, 0.2) is 64.0 Å². The van der Waals surface area contributed by atoms with Crippen LogP contribution in [0.2, 0.25) is 0 Å². The molecule has 6 nitrogen and oxygen atoms in total. The second-order valence-corrected chi connectivity index (χ2v) is 9.30. The summed E-state index contributed by atoms with van der Waals surface area (Å²) in [4.78, 5) is 4.67. The van der Waals surface area contributed by atoms with Crippen LogP contribution >= 0.6 is 0 Å². The van der Waals surface area contributed by atoms with Crippen molar-refractivity contribution in [2.75, 3.05) is 0 Å². The first-order valence-corrected chi connectivity index (χ1v) is 11.3. The molecule has 0 radical (unpaired) electrons. The van der Waals surface area contributed by atoms with Crippen LogP contribution in [0.5, 0.6) is 0 Å². The highest BCUT2D eigenvalue weighted by molar-refractivity contribution is 7.89. The molecule has 0 spiro atoms. The molecule has 0 aliphatic rings. The molecule has 2 aromatic carbocycles. The number of sulfonamides is 1. The first kappa shape index (κ1) is 21.2. The minimum absolute atomic E-state index is 0.0309. The maximum atomic E-state index is 13.3. The Morgan fingerprint density at radius 3 is 2.24 bits per heavy atom. The normalized spacial score (nSPS) is 13.2. The van der Waals surface area contributed by atoms with Crippen LogP contribution < -0.4 is 0 Å². The van der Waals surface area contributed by atoms with Gasteiger partial charge in [-0.1, -0.05) is 68.4 Å². The first-order valence-electron chi connectivity index (χ1n) is 9.82. The minimum atomic E-state index is -3.70. The number of hydrogen-bond donors (Lipinski definition) is 0. The highest BCUT2D eigenvalue weighted by Crippen LogP contribution is 2.25. The zero-order valence-corrected chi connectivity index (χ0v) is 18.1. The van der Waals surface area contributed by atoms with Gasteiger partial charge in [0.1, 0.15) is 0 Å². The van der Waals surface area contributed by atoms with Gasteiger partial charge in [0.25, 0.3) is 0 Å². The molecule has 3 aromatic rings. The van der Waals surface area contributed by atoms with Crippen molar-refractivity contribution in [3.8, 4) is 11.4 Å². The van der Waals surface area contributed by atoms with Gasteiger partial charge in [0.2, 0.25) is 21.7 Å². The lowest BCUT2D eigenvalue weighted by molar-refractivity contribution is 0.273. The first-order chi connectivity index (χ1) is 13.8. The van der Waals surface area contributed by atoms with Crippen molar-refractivity contribution in [3.63, 3.8) is 0 Å². The van der Waals surface area contributed by atoms with Gasteiger partial charge in [-0.25, -0.2) is 8.42 Å². The van der Waals surface area contributed by atoms with E-state index in [2.05, 4.69) is 24.0 Å². The van der Waals surface area contributed by atoms with Gasteiger partial charge >= 0.3 is 0 Å². The number of nitrogens with zero attached hydrogens (tertiary/aromatic N) is 3. The highest BCUT2D eigenvalue weighted by Gasteiger charge is 2.30. The minimum Gasteiger partial charge on any atom is -0.338 e. The topological polar surface area (TPSA) is 76.3 Å². The number of aromatic nitrogens is 2. The van der Waals surface area contributed by atoms with Crippen molar-refractivity contribution < 1.29 is 12.9 Å². The Bertz CT molecular complexity index is 1030. The van der Waals surface area contributed by atoms with Crippen molar-refractivity contribution in [2.45, 2.75) is 57.5 Å². The Morgan fingerprint density at radius 1 is 1.00 bits per heavy atom. The molecule has 154 valence electrons. The Hall–Kier alpha value is -2.51. The third-order valence-electron chi connectivity index (χ3n) is 5.03. The van der Waals surface area contributed by atoms with Crippen LogP contribution in [0.4, 0.5) is 0 Å². The molecule has 0 N–H and O–H groups in total. The predicted molar refractivity (Wildman–Crippen MR) is 113 cm³/mol. The lowest BCUT2D eigenvalue weighted by Crippen LogP contribution is -2.37. The van der Waals surface area contributed by atoms with Crippen molar-refractivity contribution >= 4 is 10.0 Å². The van der Waals surface area contributed by atoms with Gasteiger partial charge in [0, 0.05) is 11.6 Å². The molecule has 0 aliphatic heterocycles. The van der Waals surface area contributed by atoms with Gasteiger partial charge in [0.15, 0.2) is 0 Å². The molecule has 0 bridgehead atoms. The van der Waals surface area contributed by atoms with E-state index in [1.807, 2.05) is 56.3 Å². The van der Waals surface area contributed by atoms with Gasteiger partial charge in [0.05, 0.1) is 11.4 Å². The van der Waals surface area contributed by atoms with Crippen LogP contribution in [0.3, 0.4) is 0 Å². The SMILES string of the molecule is CC[C@H](C)N(Cc1nc(-c2ccccc2)no1)S(=O)(=O)c1ccc(C(C)C)cc1. The van der Waals surface area contributed by atoms with Crippen LogP contribution in [0.1, 0.15) is 51.5 Å². The van der Waals surface area contributed by atoms with E-state index in [9.17, 15) is 8.42 Å². The highest BCUT2D eigenvalue weighted by atomic mass is 32.2. The molecule has 0 saturated carbocycles. The molecule has 0 amide bonds. The molecule has 0 fully saturated rings. The Morgan fingerprint density at radius 2 is 1.66 bits per heavy atom. The van der Waals surface area contributed by atoms with Gasteiger partial charge in [-0.3, -0.25) is 0 Å². The summed E-state index contributed by atoms with van der Waals surface area (Å²) < 4.78 is 33.5. The summed E-state index contributed by atoms with van der Waals surface area (Å²) >= 11 is 0. The van der Waals surface area contributed by atoms with Gasteiger partial charge in [-0.05, 0) is 37.0 Å². The quantitative estimate of drug-likeness (QED) is 0.528. The van der Waals surface area contributed by atoms with Crippen molar-refractivity contribution in [1.29, 1.82) is 0 Å². The van der Waals surface area contributed by atoms with E-state index in [0.717, 1.165) is 11.1 Å². The lowest BCUT2D eigenvalue weighted by atomic mass is 10.0. The Balaban J connectivity index is 1.89. The molecular weight excluding hydrogens is 386 g/mol. The zero-order valence-electron chi connectivity index (χ0n) is 17.2. The summed E-state index contributed by atoms with van der Waals surface area (Å²) in [6, 6.07) is 16.3. The number of hydrogen-bond acceptors (Lipinski definition) is 5. The summed E-state index contributed by atoms with van der Waals surface area (Å²) in [6.45, 7) is 8.03. The van der Waals surface area contributed by atoms with E-state index in [1.165, 1.54) is 4.31 Å². The third kappa shape index (κ3) is 4.74. The fourth-order valence-electron chi connectivity index (χ4n) is 3.00. The van der Waals surface area contributed by atoms with Gasteiger partial charge < -0.3 is 4.52 Å². The van der Waals surface area contributed by atoms with Crippen molar-refractivity contribution in [1.82, 2.24) is 14.4 Å². The van der Waals surface area contributed by atoms with E-state index in [1.54, 1.807) is 12.1 Å². The smallest absolute Gasteiger partial charge is 0.243 e. The fourth-order valence-corrected chi connectivity index (χ4v) is 4.65. The summed E-state index contributed by atoms with van der Waals surface area (Å²) in [5, 5.41) is 4.00. The summed E-state index contributed by atoms with van der Waals surface area (Å²) in [5.74, 6) is 1.06. The van der Waals surface area contributed by atoms with Gasteiger partial charge in [-0.2, -0.15) is 9.29 Å². The number of rotatable bonds is 8. The fraction of sp³-hybridized carbons (Fsp3) is 0.364. The molecule has 0 unspecified atom stereocenters. The largest absolute Gasteiger partial charge is 0.338 e. The average molecular weight is 414 g/mol. The van der Waals surface area contributed by atoms with Crippen LogP contribution in [0.25, 0.3) is 11.4 Å². The molecule has 0 aliphatic carbocycles. The van der Waals surface area contributed by atoms with Crippen molar-refractivity contribution in [3.05, 3.63) is 66.1 Å². The predicted octanol–water partition coefficient (Wildman–Crippen LogP) is 4.85. The van der Waals surface area contributed by atoms with Crippen molar-refractivity contribution in [2.24, 2.45) is 0 Å². The summed E-state index contributed by atoms with van der Waals surface area (Å²) in [6.07, 6.45) is 0.670. The molecule has 1 heterocycles. The Labute approximate surface area is 172 Å². The maximum absolute atomic E-state index is 13.3. The molecule has 1 atom stereocenters. The molecule has 1 aromatic heterocycles. The van der Waals surface area contributed by atoms with E-state index in [-0.39, 0.29) is 23.4 Å². The van der Waals surface area contributed by atoms with Crippen LogP contribution in [0, 0.1) is 0 Å². The van der Waals surface area contributed by atoms with E-state index >= 15 is 0 Å². The lowest BCUT2D eigenvalue weighted by Gasteiger charge is -2.26. The molecular formula is C22H27N3O3S. The third-order valence-corrected chi connectivity index (χ3v) is 7.00. The molecule has 29 heavy (non-hydrogen) atoms. The van der Waals surface area contributed by atoms with E-state index in [0.29, 0.717) is 18.2 Å². The average Bonchev–Trinajstić information content (AvgIpc) is 3.21.